The van der Waals surface area contributed by atoms with Gasteiger partial charge in [0, 0.05) is 9.86 Å². The van der Waals surface area contributed by atoms with Crippen molar-refractivity contribution in [1.29, 1.82) is 0 Å². The fourth-order valence-corrected chi connectivity index (χ4v) is 2.35. The third kappa shape index (κ3) is 1.99. The van der Waals surface area contributed by atoms with Gasteiger partial charge in [0.2, 0.25) is 0 Å². The summed E-state index contributed by atoms with van der Waals surface area (Å²) in [6, 6.07) is 5.95. The van der Waals surface area contributed by atoms with Gasteiger partial charge < -0.3 is 0 Å². The van der Waals surface area contributed by atoms with Crippen molar-refractivity contribution in [3.63, 3.8) is 0 Å². The maximum atomic E-state index is 6.15. The van der Waals surface area contributed by atoms with Crippen molar-refractivity contribution in [3.8, 4) is 0 Å². The number of aryl methyl sites for hydroxylation is 1. The van der Waals surface area contributed by atoms with E-state index in [2.05, 4.69) is 20.9 Å². The van der Waals surface area contributed by atoms with E-state index in [0.717, 1.165) is 26.6 Å². The van der Waals surface area contributed by atoms with Crippen molar-refractivity contribution < 1.29 is 0 Å². The fraction of sp³-hybridized carbons (Fsp3) is 0.182. The van der Waals surface area contributed by atoms with Gasteiger partial charge in [-0.1, -0.05) is 33.6 Å². The monoisotopic (exact) mass is 303 g/mol. The summed E-state index contributed by atoms with van der Waals surface area (Å²) >= 11 is 15.4. The van der Waals surface area contributed by atoms with Crippen molar-refractivity contribution in [2.45, 2.75) is 12.8 Å². The van der Waals surface area contributed by atoms with Crippen LogP contribution in [0.5, 0.6) is 0 Å². The summed E-state index contributed by atoms with van der Waals surface area (Å²) in [6.45, 7) is 1.98. The summed E-state index contributed by atoms with van der Waals surface area (Å²) in [5, 5.41) is 1.73. The fourth-order valence-electron chi connectivity index (χ4n) is 1.53. The third-order valence-electron chi connectivity index (χ3n) is 2.33. The van der Waals surface area contributed by atoms with Crippen molar-refractivity contribution in [3.05, 3.63) is 39.0 Å². The normalized spacial score (nSPS) is 10.9. The Hall–Kier alpha value is -0.310. The van der Waals surface area contributed by atoms with Gasteiger partial charge in [0.25, 0.3) is 0 Å². The molecule has 0 fully saturated rings. The molecule has 0 spiro atoms. The van der Waals surface area contributed by atoms with E-state index in [-0.39, 0.29) is 0 Å². The van der Waals surface area contributed by atoms with Gasteiger partial charge in [-0.2, -0.15) is 0 Å². The Balaban J connectivity index is 2.84. The smallest absolute Gasteiger partial charge is 0.0747 e. The first-order valence-electron chi connectivity index (χ1n) is 4.43. The molecule has 1 nitrogen and oxygen atoms in total. The molecule has 0 bridgehead atoms. The molecule has 0 saturated heterocycles. The van der Waals surface area contributed by atoms with E-state index in [1.54, 1.807) is 0 Å². The van der Waals surface area contributed by atoms with Crippen molar-refractivity contribution in [2.75, 3.05) is 0 Å². The summed E-state index contributed by atoms with van der Waals surface area (Å²) in [5.74, 6) is 0.335. The summed E-state index contributed by atoms with van der Waals surface area (Å²) in [7, 11) is 0. The highest BCUT2D eigenvalue weighted by molar-refractivity contribution is 9.10. The third-order valence-corrected chi connectivity index (χ3v) is 3.58. The Labute approximate surface area is 107 Å². The Morgan fingerprint density at radius 3 is 2.80 bits per heavy atom. The lowest BCUT2D eigenvalue weighted by molar-refractivity contribution is 1.20. The standard InChI is InChI=1S/C11H8BrCl2N/c1-6-8-3-2-7(12)4-9(8)15-10(5-13)11(6)14/h2-4H,5H2,1H3. The number of aromatic nitrogens is 1. The minimum Gasteiger partial charge on any atom is -0.250 e. The molecule has 0 atom stereocenters. The van der Waals surface area contributed by atoms with Crippen LogP contribution in [0.1, 0.15) is 11.3 Å². The topological polar surface area (TPSA) is 12.9 Å². The maximum Gasteiger partial charge on any atom is 0.0747 e. The van der Waals surface area contributed by atoms with Crippen LogP contribution in [-0.2, 0) is 5.88 Å². The van der Waals surface area contributed by atoms with Crippen molar-refractivity contribution in [1.82, 2.24) is 4.98 Å². The number of pyridine rings is 1. The first-order chi connectivity index (χ1) is 7.13. The van der Waals surface area contributed by atoms with Crippen LogP contribution < -0.4 is 0 Å². The Kier molecular flexibility index (Phi) is 3.19. The molecule has 1 aromatic heterocycles. The lowest BCUT2D eigenvalue weighted by Gasteiger charge is -2.08. The van der Waals surface area contributed by atoms with Gasteiger partial charge >= 0.3 is 0 Å². The van der Waals surface area contributed by atoms with Crippen LogP contribution in [0.3, 0.4) is 0 Å². The zero-order valence-corrected chi connectivity index (χ0v) is 11.1. The Morgan fingerprint density at radius 2 is 2.13 bits per heavy atom. The second kappa shape index (κ2) is 4.28. The minimum atomic E-state index is 0.335. The first kappa shape index (κ1) is 11.2. The molecule has 1 aromatic carbocycles. The van der Waals surface area contributed by atoms with E-state index in [4.69, 9.17) is 23.2 Å². The summed E-state index contributed by atoms with van der Waals surface area (Å²) in [5.41, 5.74) is 2.69. The van der Waals surface area contributed by atoms with Gasteiger partial charge in [-0.15, -0.1) is 11.6 Å². The molecule has 0 aliphatic carbocycles. The highest BCUT2D eigenvalue weighted by Crippen LogP contribution is 2.29. The first-order valence-corrected chi connectivity index (χ1v) is 6.14. The van der Waals surface area contributed by atoms with Gasteiger partial charge in [0.05, 0.1) is 22.1 Å². The van der Waals surface area contributed by atoms with Gasteiger partial charge in [-0.05, 0) is 24.6 Å². The Bertz CT molecular complexity index is 525. The molecule has 0 radical (unpaired) electrons. The zero-order chi connectivity index (χ0) is 11.0. The van der Waals surface area contributed by atoms with Crippen LogP contribution in [0.2, 0.25) is 5.02 Å². The molecule has 0 unspecified atom stereocenters. The van der Waals surface area contributed by atoms with E-state index in [0.29, 0.717) is 10.9 Å². The minimum absolute atomic E-state index is 0.335. The van der Waals surface area contributed by atoms with E-state index in [1.165, 1.54) is 0 Å². The van der Waals surface area contributed by atoms with Crippen LogP contribution >= 0.6 is 39.1 Å². The Morgan fingerprint density at radius 1 is 1.40 bits per heavy atom. The number of alkyl halides is 1. The van der Waals surface area contributed by atoms with E-state index >= 15 is 0 Å². The SMILES string of the molecule is Cc1c(Cl)c(CCl)nc2cc(Br)ccc12. The molecule has 0 N–H and O–H groups in total. The summed E-state index contributed by atoms with van der Waals surface area (Å²) in [6.07, 6.45) is 0. The molecule has 2 aromatic rings. The number of nitrogens with zero attached hydrogens (tertiary/aromatic N) is 1. The second-order valence-corrected chi connectivity index (χ2v) is 4.85. The second-order valence-electron chi connectivity index (χ2n) is 3.29. The van der Waals surface area contributed by atoms with E-state index in [1.807, 2.05) is 25.1 Å². The van der Waals surface area contributed by atoms with Crippen LogP contribution in [0.15, 0.2) is 22.7 Å². The molecule has 1 heterocycles. The number of hydrogen-bond acceptors (Lipinski definition) is 1. The lowest BCUT2D eigenvalue weighted by Crippen LogP contribution is -1.92. The average Bonchev–Trinajstić information content (AvgIpc) is 2.23. The highest BCUT2D eigenvalue weighted by atomic mass is 79.9. The molecule has 0 saturated carbocycles. The van der Waals surface area contributed by atoms with Gasteiger partial charge in [0.15, 0.2) is 0 Å². The molecule has 0 amide bonds. The quantitative estimate of drug-likeness (QED) is 0.696. The number of halogens is 3. The molecule has 4 heteroatoms. The molecule has 0 aliphatic heterocycles. The van der Waals surface area contributed by atoms with Gasteiger partial charge in [-0.3, -0.25) is 0 Å². The number of fused-ring (bicyclic) bond motifs is 1. The zero-order valence-electron chi connectivity index (χ0n) is 8.02. The lowest BCUT2D eigenvalue weighted by atomic mass is 10.1. The predicted octanol–water partition coefficient (Wildman–Crippen LogP) is 4.70. The van der Waals surface area contributed by atoms with E-state index in [9.17, 15) is 0 Å². The molecule has 2 rings (SSSR count). The number of hydrogen-bond donors (Lipinski definition) is 0. The highest BCUT2D eigenvalue weighted by Gasteiger charge is 2.09. The molecular weight excluding hydrogens is 297 g/mol. The van der Waals surface area contributed by atoms with Crippen LogP contribution in [0.4, 0.5) is 0 Å². The average molecular weight is 305 g/mol. The van der Waals surface area contributed by atoms with Gasteiger partial charge in [-0.25, -0.2) is 4.98 Å². The number of rotatable bonds is 1. The van der Waals surface area contributed by atoms with E-state index < -0.39 is 0 Å². The number of benzene rings is 1. The van der Waals surface area contributed by atoms with Crippen LogP contribution in [0, 0.1) is 6.92 Å². The molecule has 15 heavy (non-hydrogen) atoms. The summed E-state index contributed by atoms with van der Waals surface area (Å²) < 4.78 is 1.00. The van der Waals surface area contributed by atoms with Crippen LogP contribution in [0.25, 0.3) is 10.9 Å². The summed E-state index contributed by atoms with van der Waals surface area (Å²) in [4.78, 5) is 4.42. The predicted molar refractivity (Wildman–Crippen MR) is 68.7 cm³/mol. The molecular formula is C11H8BrCl2N. The molecule has 0 aliphatic rings. The maximum absolute atomic E-state index is 6.15. The van der Waals surface area contributed by atoms with Crippen molar-refractivity contribution >= 4 is 50.0 Å². The van der Waals surface area contributed by atoms with Crippen molar-refractivity contribution in [2.24, 2.45) is 0 Å². The largest absolute Gasteiger partial charge is 0.250 e. The van der Waals surface area contributed by atoms with Crippen LogP contribution in [-0.4, -0.2) is 4.98 Å². The molecule has 78 valence electrons. The van der Waals surface area contributed by atoms with Gasteiger partial charge in [0.1, 0.15) is 0 Å².